The molecule has 122 valence electrons. The van der Waals surface area contributed by atoms with Crippen LogP contribution in [0.15, 0.2) is 66.7 Å². The van der Waals surface area contributed by atoms with E-state index in [4.69, 9.17) is 9.84 Å². The normalized spacial score (nSPS) is 10.7. The number of aryl methyl sites for hydroxylation is 1. The lowest BCUT2D eigenvalue weighted by atomic mass is 10.1. The quantitative estimate of drug-likeness (QED) is 0.678. The van der Waals surface area contributed by atoms with E-state index >= 15 is 0 Å². The number of carboxylic acid groups (broad SMARTS) is 1. The van der Waals surface area contributed by atoms with Crippen LogP contribution in [0.1, 0.15) is 24.0 Å². The highest BCUT2D eigenvalue weighted by atomic mass is 16.5. The minimum atomic E-state index is -0.745. The van der Waals surface area contributed by atoms with E-state index in [-0.39, 0.29) is 6.42 Å². The first-order valence-electron chi connectivity index (χ1n) is 8.12. The molecule has 0 fully saturated rings. The maximum absolute atomic E-state index is 10.5. The molecule has 1 N–H and O–H groups in total. The fraction of sp³-hybridized carbons (Fsp3) is 0.190. The van der Waals surface area contributed by atoms with Gasteiger partial charge in [-0.25, -0.2) is 0 Å². The molecule has 3 nitrogen and oxygen atoms in total. The standard InChI is InChI=1S/C21H20O3/c22-21(23)7-3-4-16-9-12-20(13-10-16)24-15-17-8-11-18-5-1-2-6-19(18)14-17/h1-2,5-6,8-14H,3-4,7,15H2,(H,22,23). The van der Waals surface area contributed by atoms with E-state index in [0.29, 0.717) is 13.0 Å². The molecule has 0 atom stereocenters. The van der Waals surface area contributed by atoms with Gasteiger partial charge in [-0.15, -0.1) is 0 Å². The molecule has 0 saturated carbocycles. The Labute approximate surface area is 141 Å². The monoisotopic (exact) mass is 320 g/mol. The molecule has 0 saturated heterocycles. The van der Waals surface area contributed by atoms with Crippen LogP contribution >= 0.6 is 0 Å². The van der Waals surface area contributed by atoms with Crippen LogP contribution in [0, 0.1) is 0 Å². The van der Waals surface area contributed by atoms with Gasteiger partial charge in [-0.2, -0.15) is 0 Å². The maximum atomic E-state index is 10.5. The van der Waals surface area contributed by atoms with E-state index in [0.717, 1.165) is 23.3 Å². The number of fused-ring (bicyclic) bond motifs is 1. The number of carboxylic acids is 1. The van der Waals surface area contributed by atoms with Crippen LogP contribution in [0.5, 0.6) is 5.75 Å². The molecule has 0 aromatic heterocycles. The molecule has 0 aliphatic rings. The Morgan fingerprint density at radius 1 is 0.875 bits per heavy atom. The lowest BCUT2D eigenvalue weighted by Crippen LogP contribution is -1.97. The summed E-state index contributed by atoms with van der Waals surface area (Å²) in [5, 5.41) is 11.1. The Morgan fingerprint density at radius 3 is 2.33 bits per heavy atom. The Kier molecular flexibility index (Phi) is 5.12. The number of rotatable bonds is 7. The SMILES string of the molecule is O=C(O)CCCc1ccc(OCc2ccc3ccccc3c2)cc1. The van der Waals surface area contributed by atoms with Gasteiger partial charge >= 0.3 is 5.97 Å². The largest absolute Gasteiger partial charge is 0.489 e. The summed E-state index contributed by atoms with van der Waals surface area (Å²) in [7, 11) is 0. The van der Waals surface area contributed by atoms with Crippen molar-refractivity contribution in [2.24, 2.45) is 0 Å². The van der Waals surface area contributed by atoms with Crippen LogP contribution in [-0.4, -0.2) is 11.1 Å². The van der Waals surface area contributed by atoms with Crippen LogP contribution in [0.3, 0.4) is 0 Å². The molecule has 3 heteroatoms. The highest BCUT2D eigenvalue weighted by Crippen LogP contribution is 2.19. The van der Waals surface area contributed by atoms with Crippen LogP contribution in [0.2, 0.25) is 0 Å². The molecule has 3 aromatic rings. The van der Waals surface area contributed by atoms with Gasteiger partial charge in [0.1, 0.15) is 12.4 Å². The number of ether oxygens (including phenoxy) is 1. The first-order chi connectivity index (χ1) is 11.7. The molecule has 3 aromatic carbocycles. The van der Waals surface area contributed by atoms with Gasteiger partial charge in [-0.3, -0.25) is 4.79 Å². The molecule has 0 heterocycles. The second-order valence-electron chi connectivity index (χ2n) is 5.86. The highest BCUT2D eigenvalue weighted by Gasteiger charge is 2.01. The van der Waals surface area contributed by atoms with Gasteiger partial charge in [-0.1, -0.05) is 48.5 Å². The van der Waals surface area contributed by atoms with Crippen molar-refractivity contribution >= 4 is 16.7 Å². The molecule has 0 aliphatic carbocycles. The van der Waals surface area contributed by atoms with Gasteiger partial charge in [-0.05, 0) is 52.9 Å². The first kappa shape index (κ1) is 16.1. The second-order valence-corrected chi connectivity index (χ2v) is 5.86. The lowest BCUT2D eigenvalue weighted by Gasteiger charge is -2.08. The third-order valence-electron chi connectivity index (χ3n) is 4.00. The smallest absolute Gasteiger partial charge is 0.303 e. The molecule has 0 amide bonds. The topological polar surface area (TPSA) is 46.5 Å². The van der Waals surface area contributed by atoms with Crippen molar-refractivity contribution in [2.75, 3.05) is 0 Å². The van der Waals surface area contributed by atoms with Gasteiger partial charge in [0.05, 0.1) is 0 Å². The van der Waals surface area contributed by atoms with E-state index in [1.54, 1.807) is 0 Å². The van der Waals surface area contributed by atoms with Gasteiger partial charge in [0.25, 0.3) is 0 Å². The summed E-state index contributed by atoms with van der Waals surface area (Å²) in [6.45, 7) is 0.531. The zero-order chi connectivity index (χ0) is 16.8. The number of benzene rings is 3. The fourth-order valence-corrected chi connectivity index (χ4v) is 2.69. The molecule has 0 unspecified atom stereocenters. The molecule has 0 bridgehead atoms. The zero-order valence-electron chi connectivity index (χ0n) is 13.4. The van der Waals surface area contributed by atoms with Gasteiger partial charge < -0.3 is 9.84 Å². The number of hydrogen-bond acceptors (Lipinski definition) is 2. The van der Waals surface area contributed by atoms with Crippen molar-refractivity contribution in [3.05, 3.63) is 77.9 Å². The lowest BCUT2D eigenvalue weighted by molar-refractivity contribution is -0.137. The number of carbonyl (C=O) groups is 1. The molecule has 0 spiro atoms. The Balaban J connectivity index is 1.56. The molecular formula is C21H20O3. The highest BCUT2D eigenvalue weighted by molar-refractivity contribution is 5.82. The van der Waals surface area contributed by atoms with Crippen LogP contribution < -0.4 is 4.74 Å². The molecule has 0 aliphatic heterocycles. The molecular weight excluding hydrogens is 300 g/mol. The summed E-state index contributed by atoms with van der Waals surface area (Å²) in [4.78, 5) is 10.5. The van der Waals surface area contributed by atoms with E-state index in [2.05, 4.69) is 30.3 Å². The van der Waals surface area contributed by atoms with Gasteiger partial charge in [0, 0.05) is 6.42 Å². The summed E-state index contributed by atoms with van der Waals surface area (Å²) < 4.78 is 5.84. The first-order valence-corrected chi connectivity index (χ1v) is 8.12. The van der Waals surface area contributed by atoms with Crippen LogP contribution in [0.25, 0.3) is 10.8 Å². The summed E-state index contributed by atoms with van der Waals surface area (Å²) in [6.07, 6.45) is 1.64. The van der Waals surface area contributed by atoms with E-state index < -0.39 is 5.97 Å². The van der Waals surface area contributed by atoms with Crippen molar-refractivity contribution < 1.29 is 14.6 Å². The Morgan fingerprint density at radius 2 is 1.58 bits per heavy atom. The minimum Gasteiger partial charge on any atom is -0.489 e. The Hall–Kier alpha value is -2.81. The van der Waals surface area contributed by atoms with E-state index in [1.165, 1.54) is 10.8 Å². The van der Waals surface area contributed by atoms with Crippen LogP contribution in [-0.2, 0) is 17.8 Å². The van der Waals surface area contributed by atoms with Crippen molar-refractivity contribution in [2.45, 2.75) is 25.9 Å². The maximum Gasteiger partial charge on any atom is 0.303 e. The average Bonchev–Trinajstić information content (AvgIpc) is 2.60. The van der Waals surface area contributed by atoms with Crippen molar-refractivity contribution in [3.63, 3.8) is 0 Å². The predicted molar refractivity (Wildman–Crippen MR) is 95.3 cm³/mol. The average molecular weight is 320 g/mol. The van der Waals surface area contributed by atoms with Crippen molar-refractivity contribution in [1.82, 2.24) is 0 Å². The molecule has 3 rings (SSSR count). The van der Waals surface area contributed by atoms with Crippen molar-refractivity contribution in [3.8, 4) is 5.75 Å². The van der Waals surface area contributed by atoms with Crippen molar-refractivity contribution in [1.29, 1.82) is 0 Å². The fourth-order valence-electron chi connectivity index (χ4n) is 2.69. The summed E-state index contributed by atoms with van der Waals surface area (Å²) in [5.41, 5.74) is 2.27. The molecule has 24 heavy (non-hydrogen) atoms. The van der Waals surface area contributed by atoms with Gasteiger partial charge in [0.2, 0.25) is 0 Å². The minimum absolute atomic E-state index is 0.209. The zero-order valence-corrected chi connectivity index (χ0v) is 13.4. The predicted octanol–water partition coefficient (Wildman–Crippen LogP) is 4.83. The summed E-state index contributed by atoms with van der Waals surface area (Å²) in [5.74, 6) is 0.0791. The van der Waals surface area contributed by atoms with Crippen LogP contribution in [0.4, 0.5) is 0 Å². The summed E-state index contributed by atoms with van der Waals surface area (Å²) in [6, 6.07) is 22.5. The summed E-state index contributed by atoms with van der Waals surface area (Å²) >= 11 is 0. The van der Waals surface area contributed by atoms with E-state index in [1.807, 2.05) is 36.4 Å². The third kappa shape index (κ3) is 4.35. The second kappa shape index (κ2) is 7.64. The third-order valence-corrected chi connectivity index (χ3v) is 4.00. The van der Waals surface area contributed by atoms with Gasteiger partial charge in [0.15, 0.2) is 0 Å². The molecule has 0 radical (unpaired) electrons. The Bertz CT molecular complexity index is 822. The number of hydrogen-bond donors (Lipinski definition) is 1. The number of aliphatic carboxylic acids is 1. The van der Waals surface area contributed by atoms with E-state index in [9.17, 15) is 4.79 Å².